The number of aliphatic hydroxyl groups is 1. The number of rotatable bonds is 2. The van der Waals surface area contributed by atoms with E-state index in [1.807, 2.05) is 0 Å². The average Bonchev–Trinajstić information content (AvgIpc) is 2.85. The Bertz CT molecular complexity index is 559. The van der Waals surface area contributed by atoms with Crippen LogP contribution in [0, 0.1) is 17.8 Å². The predicted octanol–water partition coefficient (Wildman–Crippen LogP) is 5.01. The van der Waals surface area contributed by atoms with Gasteiger partial charge in [0.05, 0.1) is 6.10 Å². The molecule has 0 amide bonds. The summed E-state index contributed by atoms with van der Waals surface area (Å²) in [6, 6.07) is 8.41. The molecule has 1 aliphatic carbocycles. The van der Waals surface area contributed by atoms with Crippen molar-refractivity contribution in [3.8, 4) is 0 Å². The zero-order chi connectivity index (χ0) is 13.4. The zero-order valence-electron chi connectivity index (χ0n) is 11.7. The third-order valence-corrected chi connectivity index (χ3v) is 5.90. The van der Waals surface area contributed by atoms with Gasteiger partial charge in [-0.15, -0.1) is 11.3 Å². The van der Waals surface area contributed by atoms with Crippen molar-refractivity contribution in [2.45, 2.75) is 39.2 Å². The van der Waals surface area contributed by atoms with Crippen molar-refractivity contribution in [3.63, 3.8) is 0 Å². The van der Waals surface area contributed by atoms with Crippen LogP contribution in [0.25, 0.3) is 10.1 Å². The molecule has 2 heteroatoms. The summed E-state index contributed by atoms with van der Waals surface area (Å²) >= 11 is 1.75. The van der Waals surface area contributed by atoms with Gasteiger partial charge in [-0.3, -0.25) is 0 Å². The summed E-state index contributed by atoms with van der Waals surface area (Å²) in [6.45, 7) is 4.67. The van der Waals surface area contributed by atoms with Crippen LogP contribution in [0.15, 0.2) is 29.6 Å². The highest BCUT2D eigenvalue weighted by atomic mass is 32.1. The first-order chi connectivity index (χ1) is 9.16. The second kappa shape index (κ2) is 5.26. The van der Waals surface area contributed by atoms with Gasteiger partial charge in [0.1, 0.15) is 0 Å². The van der Waals surface area contributed by atoms with Crippen LogP contribution in [0.1, 0.15) is 44.8 Å². The van der Waals surface area contributed by atoms with Crippen molar-refractivity contribution in [2.24, 2.45) is 17.8 Å². The van der Waals surface area contributed by atoms with E-state index in [9.17, 15) is 5.11 Å². The minimum atomic E-state index is -0.286. The van der Waals surface area contributed by atoms with Gasteiger partial charge < -0.3 is 5.11 Å². The summed E-state index contributed by atoms with van der Waals surface area (Å²) in [4.78, 5) is 0. The summed E-state index contributed by atoms with van der Waals surface area (Å²) in [5.74, 6) is 1.98. The van der Waals surface area contributed by atoms with Crippen molar-refractivity contribution >= 4 is 21.4 Å². The van der Waals surface area contributed by atoms with Crippen LogP contribution in [0.5, 0.6) is 0 Å². The molecule has 1 aliphatic rings. The highest BCUT2D eigenvalue weighted by molar-refractivity contribution is 7.17. The summed E-state index contributed by atoms with van der Waals surface area (Å²) in [5.41, 5.74) is 1.15. The predicted molar refractivity (Wildman–Crippen MR) is 82.5 cm³/mol. The fourth-order valence-electron chi connectivity index (χ4n) is 3.36. The number of aliphatic hydroxyl groups excluding tert-OH is 1. The second-order valence-electron chi connectivity index (χ2n) is 6.16. The molecule has 1 nitrogen and oxygen atoms in total. The maximum absolute atomic E-state index is 10.7. The van der Waals surface area contributed by atoms with E-state index in [1.165, 1.54) is 16.5 Å². The van der Waals surface area contributed by atoms with Gasteiger partial charge >= 0.3 is 0 Å². The SMILES string of the molecule is CC1CCC(C(O)c2csc3ccccc23)CC1C. The third kappa shape index (κ3) is 2.44. The number of benzene rings is 1. The molecule has 4 atom stereocenters. The molecule has 1 heterocycles. The first-order valence-corrected chi connectivity index (χ1v) is 8.19. The Morgan fingerprint density at radius 1 is 1.16 bits per heavy atom. The van der Waals surface area contributed by atoms with E-state index in [0.29, 0.717) is 5.92 Å². The van der Waals surface area contributed by atoms with Crippen LogP contribution in [0.3, 0.4) is 0 Å². The first-order valence-electron chi connectivity index (χ1n) is 7.31. The third-order valence-electron chi connectivity index (χ3n) is 4.91. The Morgan fingerprint density at radius 2 is 1.95 bits per heavy atom. The molecule has 0 spiro atoms. The molecule has 0 bridgehead atoms. The van der Waals surface area contributed by atoms with Crippen molar-refractivity contribution in [1.29, 1.82) is 0 Å². The van der Waals surface area contributed by atoms with Gasteiger partial charge in [0.2, 0.25) is 0 Å². The standard InChI is InChI=1S/C17H22OS/c1-11-7-8-13(9-12(11)2)17(18)15-10-19-16-6-4-3-5-14(15)16/h3-6,10-13,17-18H,7-9H2,1-2H3. The molecule has 102 valence electrons. The quantitative estimate of drug-likeness (QED) is 0.816. The van der Waals surface area contributed by atoms with Crippen LogP contribution >= 0.6 is 11.3 Å². The second-order valence-corrected chi connectivity index (χ2v) is 7.07. The maximum atomic E-state index is 10.7. The Balaban J connectivity index is 1.85. The lowest BCUT2D eigenvalue weighted by Crippen LogP contribution is -2.25. The lowest BCUT2D eigenvalue weighted by molar-refractivity contribution is 0.0573. The van der Waals surface area contributed by atoms with E-state index in [2.05, 4.69) is 43.5 Å². The van der Waals surface area contributed by atoms with E-state index in [-0.39, 0.29) is 6.10 Å². The average molecular weight is 274 g/mol. The molecule has 2 aromatic rings. The van der Waals surface area contributed by atoms with E-state index >= 15 is 0 Å². The van der Waals surface area contributed by atoms with Crippen molar-refractivity contribution < 1.29 is 5.11 Å². The highest BCUT2D eigenvalue weighted by Gasteiger charge is 2.30. The number of hydrogen-bond donors (Lipinski definition) is 1. The van der Waals surface area contributed by atoms with Gasteiger partial charge in [0, 0.05) is 4.70 Å². The van der Waals surface area contributed by atoms with Crippen LogP contribution in [-0.2, 0) is 0 Å². The molecule has 1 N–H and O–H groups in total. The summed E-state index contributed by atoms with van der Waals surface area (Å²) in [7, 11) is 0. The van der Waals surface area contributed by atoms with E-state index in [0.717, 1.165) is 30.2 Å². The fraction of sp³-hybridized carbons (Fsp3) is 0.529. The molecule has 1 saturated carbocycles. The first kappa shape index (κ1) is 13.1. The van der Waals surface area contributed by atoms with E-state index in [1.54, 1.807) is 11.3 Å². The van der Waals surface area contributed by atoms with Gasteiger partial charge in [-0.05, 0) is 53.0 Å². The molecule has 0 aliphatic heterocycles. The summed E-state index contributed by atoms with van der Waals surface area (Å²) in [6.07, 6.45) is 3.29. The van der Waals surface area contributed by atoms with E-state index < -0.39 is 0 Å². The van der Waals surface area contributed by atoms with Crippen molar-refractivity contribution in [1.82, 2.24) is 0 Å². The van der Waals surface area contributed by atoms with Gasteiger partial charge in [0.15, 0.2) is 0 Å². The Labute approximate surface area is 119 Å². The van der Waals surface area contributed by atoms with Crippen LogP contribution in [0.4, 0.5) is 0 Å². The van der Waals surface area contributed by atoms with Crippen molar-refractivity contribution in [3.05, 3.63) is 35.2 Å². The smallest absolute Gasteiger partial charge is 0.0832 e. The number of hydrogen-bond acceptors (Lipinski definition) is 2. The highest BCUT2D eigenvalue weighted by Crippen LogP contribution is 2.42. The molecule has 1 fully saturated rings. The Hall–Kier alpha value is -0.860. The summed E-state index contributed by atoms with van der Waals surface area (Å²) < 4.78 is 1.29. The van der Waals surface area contributed by atoms with Crippen LogP contribution < -0.4 is 0 Å². The van der Waals surface area contributed by atoms with E-state index in [4.69, 9.17) is 0 Å². The molecule has 1 aromatic carbocycles. The Morgan fingerprint density at radius 3 is 2.74 bits per heavy atom. The molecule has 1 aromatic heterocycles. The van der Waals surface area contributed by atoms with Gasteiger partial charge in [-0.2, -0.15) is 0 Å². The van der Waals surface area contributed by atoms with Crippen molar-refractivity contribution in [2.75, 3.05) is 0 Å². The zero-order valence-corrected chi connectivity index (χ0v) is 12.5. The minimum Gasteiger partial charge on any atom is -0.388 e. The molecular formula is C17H22OS. The lowest BCUT2D eigenvalue weighted by atomic mass is 9.73. The topological polar surface area (TPSA) is 20.2 Å². The minimum absolute atomic E-state index is 0.286. The molecule has 3 rings (SSSR count). The summed E-state index contributed by atoms with van der Waals surface area (Å²) in [5, 5.41) is 14.1. The van der Waals surface area contributed by atoms with Crippen LogP contribution in [0.2, 0.25) is 0 Å². The number of fused-ring (bicyclic) bond motifs is 1. The monoisotopic (exact) mass is 274 g/mol. The van der Waals surface area contributed by atoms with Gasteiger partial charge in [-0.25, -0.2) is 0 Å². The van der Waals surface area contributed by atoms with Gasteiger partial charge in [-0.1, -0.05) is 38.5 Å². The molecule has 0 radical (unpaired) electrons. The van der Waals surface area contributed by atoms with Gasteiger partial charge in [0.25, 0.3) is 0 Å². The fourth-order valence-corrected chi connectivity index (χ4v) is 4.35. The molecular weight excluding hydrogens is 252 g/mol. The maximum Gasteiger partial charge on any atom is 0.0832 e. The molecule has 0 saturated heterocycles. The molecule has 4 unspecified atom stereocenters. The van der Waals surface area contributed by atoms with Crippen LogP contribution in [-0.4, -0.2) is 5.11 Å². The number of thiophene rings is 1. The lowest BCUT2D eigenvalue weighted by Gasteiger charge is -2.34. The Kier molecular flexibility index (Phi) is 3.64. The molecule has 19 heavy (non-hydrogen) atoms. The largest absolute Gasteiger partial charge is 0.388 e. The normalized spacial score (nSPS) is 29.5.